The van der Waals surface area contributed by atoms with Gasteiger partial charge < -0.3 is 15.4 Å². The summed E-state index contributed by atoms with van der Waals surface area (Å²) in [7, 11) is 5.74. The van der Waals surface area contributed by atoms with Gasteiger partial charge >= 0.3 is 0 Å². The molecule has 0 saturated carbocycles. The molecule has 19 heavy (non-hydrogen) atoms. The highest BCUT2D eigenvalue weighted by Gasteiger charge is 2.13. The quantitative estimate of drug-likeness (QED) is 0.831. The lowest BCUT2D eigenvalue weighted by Gasteiger charge is -2.13. The van der Waals surface area contributed by atoms with Crippen molar-refractivity contribution in [3.63, 3.8) is 0 Å². The minimum Gasteiger partial charge on any atom is -0.493 e. The molecule has 2 N–H and O–H groups in total. The molecular weight excluding hydrogens is 240 g/mol. The number of hydrogen-bond donors (Lipinski definition) is 1. The van der Waals surface area contributed by atoms with E-state index in [2.05, 4.69) is 10.00 Å². The van der Waals surface area contributed by atoms with E-state index in [9.17, 15) is 0 Å². The van der Waals surface area contributed by atoms with E-state index in [0.29, 0.717) is 0 Å². The fourth-order valence-electron chi connectivity index (χ4n) is 1.96. The zero-order chi connectivity index (χ0) is 13.8. The lowest BCUT2D eigenvalue weighted by atomic mass is 10.1. The molecule has 0 aliphatic heterocycles. The fraction of sp³-hybridized carbons (Fsp3) is 0.357. The molecule has 1 aromatic heterocycles. The molecule has 5 heteroatoms. The first kappa shape index (κ1) is 13.4. The highest BCUT2D eigenvalue weighted by atomic mass is 16.5. The maximum absolute atomic E-state index is 5.85. The molecule has 1 heterocycles. The summed E-state index contributed by atoms with van der Waals surface area (Å²) in [5, 5.41) is 4.39. The lowest BCUT2D eigenvalue weighted by Crippen LogP contribution is -2.19. The second kappa shape index (κ2) is 5.75. The minimum absolute atomic E-state index is 0.736. The van der Waals surface area contributed by atoms with E-state index in [4.69, 9.17) is 10.5 Å². The number of methoxy groups -OCH3 is 1. The van der Waals surface area contributed by atoms with Crippen LogP contribution >= 0.6 is 0 Å². The molecule has 0 unspecified atom stereocenters. The smallest absolute Gasteiger partial charge is 0.164 e. The van der Waals surface area contributed by atoms with Gasteiger partial charge in [0.1, 0.15) is 5.69 Å². The Hall–Kier alpha value is -2.01. The highest BCUT2D eigenvalue weighted by molar-refractivity contribution is 5.69. The van der Waals surface area contributed by atoms with Crippen molar-refractivity contribution >= 4 is 5.69 Å². The fourth-order valence-corrected chi connectivity index (χ4v) is 1.96. The summed E-state index contributed by atoms with van der Waals surface area (Å²) in [4.78, 5) is 2.12. The molecule has 5 nitrogen and oxygen atoms in total. The van der Waals surface area contributed by atoms with Crippen LogP contribution in [0, 0.1) is 0 Å². The Balaban J connectivity index is 2.38. The number of nitrogen functional groups attached to an aromatic ring is 1. The topological polar surface area (TPSA) is 56.3 Å². The molecule has 1 aromatic carbocycles. The zero-order valence-corrected chi connectivity index (χ0v) is 11.6. The summed E-state index contributed by atoms with van der Waals surface area (Å²) < 4.78 is 7.34. The van der Waals surface area contributed by atoms with Gasteiger partial charge in [0.15, 0.2) is 5.75 Å². The second-order valence-corrected chi connectivity index (χ2v) is 4.71. The molecule has 0 amide bonds. The molecule has 102 valence electrons. The average molecular weight is 260 g/mol. The van der Waals surface area contributed by atoms with Crippen LogP contribution in [0.2, 0.25) is 0 Å². The number of nitrogens with two attached hydrogens (primary N) is 1. The lowest BCUT2D eigenvalue weighted by molar-refractivity contribution is 0.373. The summed E-state index contributed by atoms with van der Waals surface area (Å²) in [6.07, 6.45) is 1.74. The molecule has 0 saturated heterocycles. The maximum atomic E-state index is 5.85. The Kier molecular flexibility index (Phi) is 4.06. The summed E-state index contributed by atoms with van der Waals surface area (Å²) in [5.74, 6) is 0.768. The normalized spacial score (nSPS) is 10.9. The first-order valence-corrected chi connectivity index (χ1v) is 6.22. The summed E-state index contributed by atoms with van der Waals surface area (Å²) in [6.45, 7) is 1.72. The van der Waals surface area contributed by atoms with Gasteiger partial charge in [-0.05, 0) is 26.2 Å². The Morgan fingerprint density at radius 2 is 2.16 bits per heavy atom. The van der Waals surface area contributed by atoms with Crippen LogP contribution < -0.4 is 10.5 Å². The van der Waals surface area contributed by atoms with Crippen LogP contribution in [0.15, 0.2) is 30.5 Å². The number of benzene rings is 1. The van der Waals surface area contributed by atoms with Gasteiger partial charge in [-0.2, -0.15) is 5.10 Å². The van der Waals surface area contributed by atoms with Gasteiger partial charge in [0.25, 0.3) is 0 Å². The molecule has 0 bridgehead atoms. The third kappa shape index (κ3) is 3.06. The van der Waals surface area contributed by atoms with Crippen molar-refractivity contribution in [1.82, 2.24) is 14.7 Å². The number of nitrogens with zero attached hydrogens (tertiary/aromatic N) is 3. The van der Waals surface area contributed by atoms with E-state index >= 15 is 0 Å². The average Bonchev–Trinajstić information content (AvgIpc) is 2.79. The van der Waals surface area contributed by atoms with Crippen molar-refractivity contribution in [3.05, 3.63) is 30.5 Å². The van der Waals surface area contributed by atoms with Crippen LogP contribution in [-0.2, 0) is 6.54 Å². The van der Waals surface area contributed by atoms with E-state index in [-0.39, 0.29) is 0 Å². The monoisotopic (exact) mass is 260 g/mol. The number of ether oxygens (including phenoxy) is 1. The van der Waals surface area contributed by atoms with Gasteiger partial charge in [-0.15, -0.1) is 0 Å². The number of hydrogen-bond acceptors (Lipinski definition) is 4. The Morgan fingerprint density at radius 1 is 1.37 bits per heavy atom. The molecule has 0 spiro atoms. The molecule has 2 aromatic rings. The van der Waals surface area contributed by atoms with E-state index in [0.717, 1.165) is 35.8 Å². The van der Waals surface area contributed by atoms with E-state index in [1.54, 1.807) is 13.3 Å². The second-order valence-electron chi connectivity index (χ2n) is 4.71. The Bertz CT molecular complexity index is 548. The number of anilines is 1. The third-order valence-corrected chi connectivity index (χ3v) is 2.94. The molecule has 2 rings (SSSR count). The van der Waals surface area contributed by atoms with Crippen molar-refractivity contribution in [2.24, 2.45) is 0 Å². The van der Waals surface area contributed by atoms with E-state index in [1.165, 1.54) is 0 Å². The molecule has 0 fully saturated rings. The van der Waals surface area contributed by atoms with Crippen molar-refractivity contribution in [3.8, 4) is 17.0 Å². The van der Waals surface area contributed by atoms with Crippen LogP contribution in [0.3, 0.4) is 0 Å². The van der Waals surface area contributed by atoms with Gasteiger partial charge in [0.05, 0.1) is 19.9 Å². The van der Waals surface area contributed by atoms with E-state index in [1.807, 2.05) is 43.0 Å². The van der Waals surface area contributed by atoms with Gasteiger partial charge in [0, 0.05) is 17.8 Å². The van der Waals surface area contributed by atoms with Crippen LogP contribution in [0.5, 0.6) is 5.75 Å². The predicted molar refractivity (Wildman–Crippen MR) is 77.2 cm³/mol. The largest absolute Gasteiger partial charge is 0.493 e. The van der Waals surface area contributed by atoms with Gasteiger partial charge in [-0.1, -0.05) is 12.1 Å². The third-order valence-electron chi connectivity index (χ3n) is 2.94. The summed E-state index contributed by atoms with van der Waals surface area (Å²) in [6, 6.07) is 7.76. The maximum Gasteiger partial charge on any atom is 0.164 e. The molecule has 0 aliphatic carbocycles. The van der Waals surface area contributed by atoms with Gasteiger partial charge in [-0.25, -0.2) is 0 Å². The van der Waals surface area contributed by atoms with Crippen LogP contribution in [0.25, 0.3) is 11.3 Å². The predicted octanol–water partition coefficient (Wildman–Crippen LogP) is 1.70. The first-order chi connectivity index (χ1) is 9.11. The number of likely N-dealkylation sites (N-methyl/N-ethyl adjacent to an activating group) is 1. The summed E-state index contributed by atoms with van der Waals surface area (Å²) in [5.41, 5.74) is 8.58. The van der Waals surface area contributed by atoms with Crippen LogP contribution in [0.1, 0.15) is 0 Å². The molecular formula is C14H20N4O. The number of rotatable bonds is 5. The highest BCUT2D eigenvalue weighted by Crippen LogP contribution is 2.30. The standard InChI is InChI=1S/C14H20N4O/c1-17(2)7-8-18-14(13(19-3)10-16-18)11-5-4-6-12(15)9-11/h4-6,9-10H,7-8,15H2,1-3H3. The van der Waals surface area contributed by atoms with Crippen LogP contribution in [0.4, 0.5) is 5.69 Å². The van der Waals surface area contributed by atoms with Crippen molar-refractivity contribution < 1.29 is 4.74 Å². The summed E-state index contributed by atoms with van der Waals surface area (Å²) >= 11 is 0. The minimum atomic E-state index is 0.736. The molecule has 0 radical (unpaired) electrons. The first-order valence-electron chi connectivity index (χ1n) is 6.22. The van der Waals surface area contributed by atoms with Crippen LogP contribution in [-0.4, -0.2) is 42.4 Å². The Morgan fingerprint density at radius 3 is 2.79 bits per heavy atom. The molecule has 0 aliphatic rings. The van der Waals surface area contributed by atoms with Gasteiger partial charge in [0.2, 0.25) is 0 Å². The van der Waals surface area contributed by atoms with Gasteiger partial charge in [-0.3, -0.25) is 4.68 Å². The molecule has 0 atom stereocenters. The van der Waals surface area contributed by atoms with E-state index < -0.39 is 0 Å². The zero-order valence-electron chi connectivity index (χ0n) is 11.6. The van der Waals surface area contributed by atoms with Crippen molar-refractivity contribution in [2.45, 2.75) is 6.54 Å². The number of aromatic nitrogens is 2. The van der Waals surface area contributed by atoms with Crippen molar-refractivity contribution in [1.29, 1.82) is 0 Å². The SMILES string of the molecule is COc1cnn(CCN(C)C)c1-c1cccc(N)c1. The Labute approximate surface area is 113 Å². The van der Waals surface area contributed by atoms with Crippen molar-refractivity contribution in [2.75, 3.05) is 33.5 Å².